The molecule has 5 heteroatoms. The zero-order chi connectivity index (χ0) is 19.1. The predicted molar refractivity (Wildman–Crippen MR) is 109 cm³/mol. The number of carbonyl (C=O) groups is 2. The summed E-state index contributed by atoms with van der Waals surface area (Å²) in [5.41, 5.74) is 15.5. The molecule has 0 radical (unpaired) electrons. The molecule has 4 N–H and O–H groups in total. The van der Waals surface area contributed by atoms with Gasteiger partial charge in [0.05, 0.1) is 16.8 Å². The third-order valence-corrected chi connectivity index (χ3v) is 5.86. The Morgan fingerprint density at radius 3 is 2.04 bits per heavy atom. The van der Waals surface area contributed by atoms with Gasteiger partial charge in [0.25, 0.3) is 0 Å². The average Bonchev–Trinajstić information content (AvgIpc) is 2.69. The van der Waals surface area contributed by atoms with Crippen LogP contribution >= 0.6 is 11.8 Å². The van der Waals surface area contributed by atoms with Crippen molar-refractivity contribution in [3.05, 3.63) is 82.4 Å². The van der Waals surface area contributed by atoms with E-state index in [1.54, 1.807) is 30.3 Å². The van der Waals surface area contributed by atoms with Crippen molar-refractivity contribution in [1.82, 2.24) is 0 Å². The first-order chi connectivity index (χ1) is 13.0. The molecule has 0 saturated heterocycles. The van der Waals surface area contributed by atoms with E-state index in [2.05, 4.69) is 19.1 Å². The summed E-state index contributed by atoms with van der Waals surface area (Å²) in [6.45, 7) is 2.10. The first-order valence-corrected chi connectivity index (χ1v) is 9.50. The van der Waals surface area contributed by atoms with E-state index in [0.717, 1.165) is 11.3 Å². The highest BCUT2D eigenvalue weighted by Gasteiger charge is 2.34. The molecule has 0 unspecified atom stereocenters. The summed E-state index contributed by atoms with van der Waals surface area (Å²) >= 11 is 1.44. The van der Waals surface area contributed by atoms with Gasteiger partial charge in [0.2, 0.25) is 0 Å². The van der Waals surface area contributed by atoms with Crippen LogP contribution in [0.1, 0.15) is 44.3 Å². The second kappa shape index (κ2) is 6.59. The van der Waals surface area contributed by atoms with Crippen molar-refractivity contribution in [2.75, 3.05) is 11.5 Å². The quantitative estimate of drug-likeness (QED) is 0.521. The molecule has 134 valence electrons. The third-order valence-electron chi connectivity index (χ3n) is 4.79. The first-order valence-electron chi connectivity index (χ1n) is 8.68. The minimum atomic E-state index is -0.256. The Balaban J connectivity index is 1.82. The summed E-state index contributed by atoms with van der Waals surface area (Å²) in [7, 11) is 0. The van der Waals surface area contributed by atoms with Gasteiger partial charge in [-0.1, -0.05) is 55.1 Å². The van der Waals surface area contributed by atoms with Gasteiger partial charge in [-0.2, -0.15) is 0 Å². The van der Waals surface area contributed by atoms with Gasteiger partial charge in [-0.3, -0.25) is 9.59 Å². The molecule has 0 atom stereocenters. The molecule has 0 aliphatic heterocycles. The molecule has 3 aromatic rings. The molecular formula is C22H18N2O2S. The van der Waals surface area contributed by atoms with E-state index in [0.29, 0.717) is 21.7 Å². The minimum Gasteiger partial charge on any atom is -0.398 e. The van der Waals surface area contributed by atoms with Crippen LogP contribution in [-0.4, -0.2) is 11.6 Å². The Kier molecular flexibility index (Phi) is 4.24. The van der Waals surface area contributed by atoms with E-state index in [1.165, 1.54) is 17.3 Å². The summed E-state index contributed by atoms with van der Waals surface area (Å²) in [6, 6.07) is 16.6. The molecule has 27 heavy (non-hydrogen) atoms. The number of hydrogen-bond acceptors (Lipinski definition) is 5. The zero-order valence-electron chi connectivity index (χ0n) is 14.8. The highest BCUT2D eigenvalue weighted by atomic mass is 32.2. The third kappa shape index (κ3) is 2.80. The van der Waals surface area contributed by atoms with E-state index in [9.17, 15) is 9.59 Å². The SMILES string of the molecule is CCc1ccc(Sc2cc(N)c3c(c2N)C(=O)c2ccccc2C3=O)cc1. The minimum absolute atomic E-state index is 0.210. The summed E-state index contributed by atoms with van der Waals surface area (Å²) in [5.74, 6) is -0.513. The summed E-state index contributed by atoms with van der Waals surface area (Å²) < 4.78 is 0. The summed E-state index contributed by atoms with van der Waals surface area (Å²) in [5, 5.41) is 0. The molecule has 4 nitrogen and oxygen atoms in total. The van der Waals surface area contributed by atoms with Crippen molar-refractivity contribution in [3.63, 3.8) is 0 Å². The van der Waals surface area contributed by atoms with Crippen molar-refractivity contribution in [1.29, 1.82) is 0 Å². The summed E-state index contributed by atoms with van der Waals surface area (Å²) in [4.78, 5) is 27.6. The van der Waals surface area contributed by atoms with Crippen LogP contribution in [0.5, 0.6) is 0 Å². The topological polar surface area (TPSA) is 86.2 Å². The predicted octanol–water partition coefficient (Wildman–Crippen LogP) is 4.34. The lowest BCUT2D eigenvalue weighted by Crippen LogP contribution is -2.24. The largest absolute Gasteiger partial charge is 0.398 e. The van der Waals surface area contributed by atoms with Crippen LogP contribution in [0.25, 0.3) is 0 Å². The van der Waals surface area contributed by atoms with Crippen molar-refractivity contribution < 1.29 is 9.59 Å². The Bertz CT molecular complexity index is 1090. The molecular weight excluding hydrogens is 356 g/mol. The number of hydrogen-bond donors (Lipinski definition) is 2. The Morgan fingerprint density at radius 2 is 1.44 bits per heavy atom. The fourth-order valence-corrected chi connectivity index (χ4v) is 4.25. The van der Waals surface area contributed by atoms with Crippen molar-refractivity contribution >= 4 is 34.7 Å². The number of rotatable bonds is 3. The number of fused-ring (bicyclic) bond motifs is 2. The second-order valence-corrected chi connectivity index (χ2v) is 7.55. The van der Waals surface area contributed by atoms with Crippen LogP contribution in [0, 0.1) is 0 Å². The molecule has 0 aromatic heterocycles. The van der Waals surface area contributed by atoms with E-state index in [1.807, 2.05) is 12.1 Å². The monoisotopic (exact) mass is 374 g/mol. The van der Waals surface area contributed by atoms with Gasteiger partial charge in [-0.15, -0.1) is 0 Å². The molecule has 3 aromatic carbocycles. The normalized spacial score (nSPS) is 12.6. The maximum Gasteiger partial charge on any atom is 0.196 e. The molecule has 1 aliphatic carbocycles. The highest BCUT2D eigenvalue weighted by molar-refractivity contribution is 7.99. The molecule has 0 heterocycles. The fraction of sp³-hybridized carbons (Fsp3) is 0.0909. The standard InChI is InChI=1S/C22H18N2O2S/c1-2-12-7-9-13(10-8-12)27-17-11-16(23)18-19(20(17)24)22(26)15-6-4-3-5-14(15)21(18)25/h3-11H,2,23-24H2,1H3. The number of aryl methyl sites for hydroxylation is 1. The smallest absolute Gasteiger partial charge is 0.196 e. The molecule has 0 bridgehead atoms. The lowest BCUT2D eigenvalue weighted by molar-refractivity contribution is 0.0980. The van der Waals surface area contributed by atoms with Crippen LogP contribution in [0.4, 0.5) is 11.4 Å². The van der Waals surface area contributed by atoms with E-state index in [4.69, 9.17) is 11.5 Å². The second-order valence-electron chi connectivity index (χ2n) is 6.43. The fourth-order valence-electron chi connectivity index (χ4n) is 3.33. The molecule has 4 rings (SSSR count). The van der Waals surface area contributed by atoms with Crippen molar-refractivity contribution in [2.24, 2.45) is 0 Å². The van der Waals surface area contributed by atoms with Gasteiger partial charge < -0.3 is 11.5 Å². The van der Waals surface area contributed by atoms with Gasteiger partial charge in [-0.25, -0.2) is 0 Å². The molecule has 0 amide bonds. The van der Waals surface area contributed by atoms with E-state index < -0.39 is 0 Å². The number of nitrogen functional groups attached to an aromatic ring is 2. The molecule has 0 saturated carbocycles. The number of anilines is 2. The van der Waals surface area contributed by atoms with Gasteiger partial charge >= 0.3 is 0 Å². The number of nitrogens with two attached hydrogens (primary N) is 2. The Morgan fingerprint density at radius 1 is 0.852 bits per heavy atom. The van der Waals surface area contributed by atoms with E-state index >= 15 is 0 Å². The lowest BCUT2D eigenvalue weighted by Gasteiger charge is -2.22. The van der Waals surface area contributed by atoms with Crippen molar-refractivity contribution in [2.45, 2.75) is 23.1 Å². The van der Waals surface area contributed by atoms with Crippen molar-refractivity contribution in [3.8, 4) is 0 Å². The number of benzene rings is 3. The summed E-state index contributed by atoms with van der Waals surface area (Å²) in [6.07, 6.45) is 0.967. The van der Waals surface area contributed by atoms with Gasteiger partial charge in [0, 0.05) is 26.6 Å². The average molecular weight is 374 g/mol. The van der Waals surface area contributed by atoms with Crippen LogP contribution in [0.2, 0.25) is 0 Å². The number of carbonyl (C=O) groups excluding carboxylic acids is 2. The molecule has 0 fully saturated rings. The van der Waals surface area contributed by atoms with Crippen LogP contribution in [0.3, 0.4) is 0 Å². The Hall–Kier alpha value is -3.05. The number of ketones is 2. The highest BCUT2D eigenvalue weighted by Crippen LogP contribution is 2.41. The van der Waals surface area contributed by atoms with Gasteiger partial charge in [-0.05, 0) is 30.2 Å². The maximum absolute atomic E-state index is 13.0. The maximum atomic E-state index is 13.0. The van der Waals surface area contributed by atoms with Gasteiger partial charge in [0.1, 0.15) is 0 Å². The molecule has 0 spiro atoms. The zero-order valence-corrected chi connectivity index (χ0v) is 15.6. The van der Waals surface area contributed by atoms with Crippen LogP contribution in [-0.2, 0) is 6.42 Å². The van der Waals surface area contributed by atoms with Gasteiger partial charge in [0.15, 0.2) is 11.6 Å². The van der Waals surface area contributed by atoms with Crippen LogP contribution in [0.15, 0.2) is 64.4 Å². The first kappa shape index (κ1) is 17.4. The van der Waals surface area contributed by atoms with Crippen LogP contribution < -0.4 is 11.5 Å². The Labute approximate surface area is 161 Å². The lowest BCUT2D eigenvalue weighted by atomic mass is 9.82. The van der Waals surface area contributed by atoms with E-state index in [-0.39, 0.29) is 28.4 Å². The molecule has 1 aliphatic rings.